The molecule has 4 heteroatoms. The molecule has 0 fully saturated rings. The van der Waals surface area contributed by atoms with E-state index in [0.717, 1.165) is 0 Å². The molecule has 32 valence electrons. The number of nitrogens with one attached hydrogen (secondary N) is 1. The van der Waals surface area contributed by atoms with Gasteiger partial charge in [0.25, 0.3) is 9.92 Å². The predicted molar refractivity (Wildman–Crippen MR) is 22.9 cm³/mol. The van der Waals surface area contributed by atoms with Crippen LogP contribution < -0.4 is 10.9 Å². The van der Waals surface area contributed by atoms with E-state index >= 15 is 0 Å². The lowest BCUT2D eigenvalue weighted by molar-refractivity contribution is 0.237. The van der Waals surface area contributed by atoms with Gasteiger partial charge in [-0.05, 0) is 0 Å². The first-order chi connectivity index (χ1) is 2.41. The molecule has 0 rings (SSSR count). The molecule has 0 saturated carbocycles. The molecule has 0 aliphatic rings. The first-order valence-electron chi connectivity index (χ1n) is 1.40. The molecule has 0 aromatic carbocycles. The maximum Gasteiger partial charge on any atom is 0.259 e. The van der Waals surface area contributed by atoms with E-state index in [2.05, 4.69) is 10.0 Å². The van der Waals surface area contributed by atoms with Gasteiger partial charge < -0.3 is 9.93 Å². The lowest BCUT2D eigenvalue weighted by Gasteiger charge is -1.88. The molecule has 3 N–H and O–H groups in total. The van der Waals surface area contributed by atoms with Crippen LogP contribution in [0.4, 0.5) is 0 Å². The average molecular weight is 92.2 g/mol. The van der Waals surface area contributed by atoms with E-state index in [1.54, 1.807) is 7.05 Å². The normalized spacial score (nSPS) is 10.8. The van der Waals surface area contributed by atoms with Crippen molar-refractivity contribution in [3.63, 3.8) is 0 Å². The molecule has 0 unspecified atom stereocenters. The molecule has 0 aliphatic heterocycles. The Morgan fingerprint density at radius 2 is 2.60 bits per heavy atom. The minimum atomic E-state index is -0.697. The number of hydrogen-bond acceptors (Lipinski definition) is 3. The topological polar surface area (TPSA) is 47.3 Å². The van der Waals surface area contributed by atoms with Gasteiger partial charge in [-0.15, -0.1) is 0 Å². The molecule has 0 amide bonds. The Morgan fingerprint density at radius 3 is 2.60 bits per heavy atom. The van der Waals surface area contributed by atoms with Gasteiger partial charge in [0.2, 0.25) is 0 Å². The summed E-state index contributed by atoms with van der Waals surface area (Å²) in [6, 6.07) is 0. The third-order valence-electron chi connectivity index (χ3n) is 0.228. The molecule has 0 aromatic rings. The third-order valence-corrected chi connectivity index (χ3v) is 0.683. The van der Waals surface area contributed by atoms with Crippen LogP contribution in [-0.4, -0.2) is 17.0 Å². The standard InChI is InChI=1S/CH8N2OSi/c1-3-4-5-2/h3H,2,5H2,1H3. The van der Waals surface area contributed by atoms with E-state index in [1.165, 1.54) is 0 Å². The Hall–Kier alpha value is 0.0969. The maximum absolute atomic E-state index is 4.99. The second-order valence-electron chi connectivity index (χ2n) is 0.515. The Morgan fingerprint density at radius 1 is 2.00 bits per heavy atom. The predicted octanol–water partition coefficient (Wildman–Crippen LogP) is -1.91. The van der Waals surface area contributed by atoms with Crippen molar-refractivity contribution < 1.29 is 4.53 Å². The molecule has 0 spiro atoms. The summed E-state index contributed by atoms with van der Waals surface area (Å²) < 4.78 is 4.50. The molecular weight excluding hydrogens is 84.1 g/mol. The number of nitrogens with two attached hydrogens (primary N) is 1. The van der Waals surface area contributed by atoms with Gasteiger partial charge in [-0.1, -0.05) is 0 Å². The van der Waals surface area contributed by atoms with E-state index in [9.17, 15) is 0 Å². The van der Waals surface area contributed by atoms with Crippen LogP contribution in [0.25, 0.3) is 0 Å². The molecule has 0 aromatic heterocycles. The lowest BCUT2D eigenvalue weighted by Crippen LogP contribution is -2.18. The lowest BCUT2D eigenvalue weighted by atomic mass is 11.6. The molecular formula is CH8N2OSi. The Kier molecular flexibility index (Phi) is 4.18. The summed E-state index contributed by atoms with van der Waals surface area (Å²) in [6.45, 7) is 0. The van der Waals surface area contributed by atoms with Crippen LogP contribution in [0.15, 0.2) is 0 Å². The smallest absolute Gasteiger partial charge is 0.259 e. The molecule has 0 heterocycles. The first kappa shape index (κ1) is 5.10. The van der Waals surface area contributed by atoms with Gasteiger partial charge in [0.1, 0.15) is 0 Å². The Balaban J connectivity index is 2.19. The fraction of sp³-hybridized carbons (Fsp3) is 1.00. The van der Waals surface area contributed by atoms with E-state index in [1.807, 2.05) is 0 Å². The largest absolute Gasteiger partial charge is 0.335 e. The quantitative estimate of drug-likeness (QED) is 0.309. The zero-order valence-corrected chi connectivity index (χ0v) is 4.61. The second-order valence-corrected chi connectivity index (χ2v) is 1.14. The van der Waals surface area contributed by atoms with Crippen molar-refractivity contribution in [3.05, 3.63) is 0 Å². The zero-order valence-electron chi connectivity index (χ0n) is 3.19. The van der Waals surface area contributed by atoms with E-state index in [4.69, 9.17) is 5.40 Å². The zero-order chi connectivity index (χ0) is 4.12. The minimum Gasteiger partial charge on any atom is -0.335 e. The van der Waals surface area contributed by atoms with Crippen molar-refractivity contribution in [1.29, 1.82) is 0 Å². The highest BCUT2D eigenvalue weighted by molar-refractivity contribution is 6.21. The monoisotopic (exact) mass is 92.0 g/mol. The third kappa shape index (κ3) is 4.10. The van der Waals surface area contributed by atoms with Crippen LogP contribution in [-0.2, 0) is 4.53 Å². The SMILES string of the molecule is CNO[SiH2]N. The highest BCUT2D eigenvalue weighted by Gasteiger charge is 1.63. The van der Waals surface area contributed by atoms with Gasteiger partial charge in [0.15, 0.2) is 0 Å². The van der Waals surface area contributed by atoms with E-state index in [0.29, 0.717) is 0 Å². The van der Waals surface area contributed by atoms with Crippen LogP contribution in [0.3, 0.4) is 0 Å². The van der Waals surface area contributed by atoms with Crippen molar-refractivity contribution in [3.8, 4) is 0 Å². The summed E-state index contributed by atoms with van der Waals surface area (Å²) in [7, 11) is 0.997. The van der Waals surface area contributed by atoms with Crippen LogP contribution >= 0.6 is 0 Å². The van der Waals surface area contributed by atoms with Crippen LogP contribution in [0.5, 0.6) is 0 Å². The van der Waals surface area contributed by atoms with Crippen molar-refractivity contribution in [2.24, 2.45) is 5.40 Å². The van der Waals surface area contributed by atoms with Gasteiger partial charge >= 0.3 is 0 Å². The molecule has 0 aliphatic carbocycles. The van der Waals surface area contributed by atoms with Gasteiger partial charge in [0.05, 0.1) is 0 Å². The Labute approximate surface area is 33.5 Å². The highest BCUT2D eigenvalue weighted by atomic mass is 28.2. The van der Waals surface area contributed by atoms with Crippen LogP contribution in [0, 0.1) is 0 Å². The van der Waals surface area contributed by atoms with Crippen molar-refractivity contribution >= 4 is 9.92 Å². The maximum atomic E-state index is 4.99. The molecule has 3 nitrogen and oxygen atoms in total. The minimum absolute atomic E-state index is 0.697. The molecule has 0 bridgehead atoms. The summed E-state index contributed by atoms with van der Waals surface area (Å²) in [5, 5.41) is 4.99. The number of hydroxylamine groups is 1. The van der Waals surface area contributed by atoms with Crippen molar-refractivity contribution in [2.75, 3.05) is 7.05 Å². The van der Waals surface area contributed by atoms with Crippen LogP contribution in [0.2, 0.25) is 0 Å². The number of hydrogen-bond donors (Lipinski definition) is 2. The fourth-order valence-corrected chi connectivity index (χ4v) is 0.250. The molecule has 0 atom stereocenters. The van der Waals surface area contributed by atoms with E-state index in [-0.39, 0.29) is 0 Å². The molecule has 0 saturated heterocycles. The molecule has 5 heavy (non-hydrogen) atoms. The van der Waals surface area contributed by atoms with Crippen molar-refractivity contribution in [1.82, 2.24) is 5.48 Å². The summed E-state index contributed by atoms with van der Waals surface area (Å²) in [6.07, 6.45) is 0. The van der Waals surface area contributed by atoms with Gasteiger partial charge in [0, 0.05) is 7.05 Å². The van der Waals surface area contributed by atoms with Crippen molar-refractivity contribution in [2.45, 2.75) is 0 Å². The summed E-state index contributed by atoms with van der Waals surface area (Å²) in [4.78, 5) is 0. The van der Waals surface area contributed by atoms with Gasteiger partial charge in [-0.3, -0.25) is 0 Å². The average Bonchev–Trinajstić information content (AvgIpc) is 1.41. The van der Waals surface area contributed by atoms with E-state index < -0.39 is 9.92 Å². The highest BCUT2D eigenvalue weighted by Crippen LogP contribution is 1.37. The summed E-state index contributed by atoms with van der Waals surface area (Å²) >= 11 is 0. The Bertz CT molecular complexity index is 17.1. The second kappa shape index (κ2) is 4.10. The van der Waals surface area contributed by atoms with Crippen LogP contribution in [0.1, 0.15) is 0 Å². The summed E-state index contributed by atoms with van der Waals surface area (Å²) in [5.41, 5.74) is 2.45. The number of rotatable bonds is 2. The summed E-state index contributed by atoms with van der Waals surface area (Å²) in [5.74, 6) is 0. The van der Waals surface area contributed by atoms with Gasteiger partial charge in [-0.25, -0.2) is 5.48 Å². The fourth-order valence-electron chi connectivity index (χ4n) is 0.0833. The van der Waals surface area contributed by atoms with Gasteiger partial charge in [-0.2, -0.15) is 0 Å². The first-order valence-corrected chi connectivity index (χ1v) is 2.79. The molecule has 0 radical (unpaired) electrons.